The number of halogens is 3. The molecule has 0 unspecified atom stereocenters. The molecule has 21 heavy (non-hydrogen) atoms. The minimum atomic E-state index is -4.55. The number of esters is 1. The highest BCUT2D eigenvalue weighted by atomic mass is 19.4. The Hall–Kier alpha value is -2.06. The van der Waals surface area contributed by atoms with Crippen LogP contribution in [0.3, 0.4) is 0 Å². The van der Waals surface area contributed by atoms with Crippen molar-refractivity contribution in [1.29, 1.82) is 0 Å². The van der Waals surface area contributed by atoms with Crippen LogP contribution in [-0.2, 0) is 15.7 Å². The average Bonchev–Trinajstić information content (AvgIpc) is 2.42. The van der Waals surface area contributed by atoms with E-state index in [1.165, 1.54) is 7.05 Å². The Morgan fingerprint density at radius 1 is 1.38 bits per heavy atom. The van der Waals surface area contributed by atoms with E-state index in [0.717, 1.165) is 6.07 Å². The molecule has 0 spiro atoms. The summed E-state index contributed by atoms with van der Waals surface area (Å²) in [6.45, 7) is 2.31. The lowest BCUT2D eigenvalue weighted by Crippen LogP contribution is -2.14. The lowest BCUT2D eigenvalue weighted by molar-refractivity contribution is -0.143. The van der Waals surface area contributed by atoms with Crippen LogP contribution in [0.15, 0.2) is 6.07 Å². The zero-order valence-electron chi connectivity index (χ0n) is 11.8. The molecule has 0 fully saturated rings. The summed E-state index contributed by atoms with van der Waals surface area (Å²) in [5.41, 5.74) is -1.03. The summed E-state index contributed by atoms with van der Waals surface area (Å²) >= 11 is 0. The van der Waals surface area contributed by atoms with Gasteiger partial charge in [-0.3, -0.25) is 4.79 Å². The highest BCUT2D eigenvalue weighted by Crippen LogP contribution is 2.29. The van der Waals surface area contributed by atoms with Gasteiger partial charge < -0.3 is 15.4 Å². The van der Waals surface area contributed by atoms with Gasteiger partial charge >= 0.3 is 12.1 Å². The fraction of sp³-hybridized carbons (Fsp3) is 0.583. The van der Waals surface area contributed by atoms with Crippen LogP contribution >= 0.6 is 0 Å². The van der Waals surface area contributed by atoms with Crippen LogP contribution in [0.25, 0.3) is 0 Å². The van der Waals surface area contributed by atoms with Gasteiger partial charge in [0.1, 0.15) is 5.82 Å². The lowest BCUT2D eigenvalue weighted by atomic mass is 10.3. The molecule has 1 aromatic rings. The van der Waals surface area contributed by atoms with Crippen molar-refractivity contribution in [2.75, 3.05) is 30.8 Å². The van der Waals surface area contributed by atoms with Crippen LogP contribution in [0.1, 0.15) is 25.5 Å². The molecular formula is C12H17F3N4O2. The Labute approximate surface area is 120 Å². The van der Waals surface area contributed by atoms with Gasteiger partial charge in [0, 0.05) is 26.1 Å². The van der Waals surface area contributed by atoms with E-state index in [0.29, 0.717) is 19.6 Å². The molecule has 118 valence electrons. The molecule has 0 aliphatic carbocycles. The summed E-state index contributed by atoms with van der Waals surface area (Å²) in [6, 6.07) is 0.825. The van der Waals surface area contributed by atoms with Crippen molar-refractivity contribution in [2.45, 2.75) is 25.9 Å². The molecule has 0 atom stereocenters. The molecule has 1 heterocycles. The smallest absolute Gasteiger partial charge is 0.433 e. The minimum absolute atomic E-state index is 0.0468. The highest BCUT2D eigenvalue weighted by molar-refractivity contribution is 5.69. The first-order valence-corrected chi connectivity index (χ1v) is 6.40. The van der Waals surface area contributed by atoms with Crippen LogP contribution in [0.5, 0.6) is 0 Å². The Morgan fingerprint density at radius 2 is 2.10 bits per heavy atom. The van der Waals surface area contributed by atoms with Crippen molar-refractivity contribution in [2.24, 2.45) is 0 Å². The van der Waals surface area contributed by atoms with Crippen LogP contribution in [0, 0.1) is 0 Å². The Morgan fingerprint density at radius 3 is 2.67 bits per heavy atom. The molecule has 0 bridgehead atoms. The number of carbonyl (C=O) groups is 1. The molecule has 0 aliphatic heterocycles. The van der Waals surface area contributed by atoms with Crippen molar-refractivity contribution in [3.05, 3.63) is 11.8 Å². The van der Waals surface area contributed by atoms with Crippen molar-refractivity contribution in [1.82, 2.24) is 9.97 Å². The third kappa shape index (κ3) is 5.84. The van der Waals surface area contributed by atoms with E-state index in [1.54, 1.807) is 6.92 Å². The summed E-state index contributed by atoms with van der Waals surface area (Å²) in [6.07, 6.45) is -3.92. The number of hydrogen-bond acceptors (Lipinski definition) is 6. The maximum absolute atomic E-state index is 12.7. The standard InChI is InChI=1S/C12H17F3N4O2/c1-3-21-10(20)5-4-6-17-9-7-8(12(13,14)15)18-11(16-2)19-9/h7H,3-6H2,1-2H3,(H2,16,17,18,19). The first-order chi connectivity index (χ1) is 9.86. The van der Waals surface area contributed by atoms with E-state index in [-0.39, 0.29) is 24.2 Å². The largest absolute Gasteiger partial charge is 0.466 e. The third-order valence-corrected chi connectivity index (χ3v) is 2.41. The molecule has 0 saturated heterocycles. The molecule has 0 saturated carbocycles. The maximum Gasteiger partial charge on any atom is 0.433 e. The predicted octanol–water partition coefficient (Wildman–Crippen LogP) is 2.29. The van der Waals surface area contributed by atoms with Gasteiger partial charge in [-0.2, -0.15) is 18.2 Å². The Kier molecular flexibility index (Phi) is 6.19. The minimum Gasteiger partial charge on any atom is -0.466 e. The molecule has 0 aromatic carbocycles. The van der Waals surface area contributed by atoms with Gasteiger partial charge in [-0.05, 0) is 13.3 Å². The molecule has 0 radical (unpaired) electrons. The molecule has 1 rings (SSSR count). The van der Waals surface area contributed by atoms with Gasteiger partial charge in [0.2, 0.25) is 5.95 Å². The van der Waals surface area contributed by atoms with Crippen molar-refractivity contribution in [3.63, 3.8) is 0 Å². The zero-order chi connectivity index (χ0) is 15.9. The number of anilines is 2. The second kappa shape index (κ2) is 7.65. The molecule has 0 aliphatic rings. The monoisotopic (exact) mass is 306 g/mol. The number of ether oxygens (including phenoxy) is 1. The molecule has 6 nitrogen and oxygen atoms in total. The quantitative estimate of drug-likeness (QED) is 0.594. The summed E-state index contributed by atoms with van der Waals surface area (Å²) in [7, 11) is 1.43. The Bertz CT molecular complexity index is 480. The van der Waals surface area contributed by atoms with Crippen LogP contribution < -0.4 is 10.6 Å². The number of alkyl halides is 3. The molecule has 0 amide bonds. The fourth-order valence-corrected chi connectivity index (χ4v) is 1.48. The van der Waals surface area contributed by atoms with E-state index in [2.05, 4.69) is 20.6 Å². The SMILES string of the molecule is CCOC(=O)CCCNc1cc(C(F)(F)F)nc(NC)n1. The number of hydrogen-bond donors (Lipinski definition) is 2. The zero-order valence-corrected chi connectivity index (χ0v) is 11.8. The Balaban J connectivity index is 2.60. The van der Waals surface area contributed by atoms with E-state index in [9.17, 15) is 18.0 Å². The number of carbonyl (C=O) groups excluding carboxylic acids is 1. The molecule has 1 aromatic heterocycles. The van der Waals surface area contributed by atoms with Crippen molar-refractivity contribution in [3.8, 4) is 0 Å². The van der Waals surface area contributed by atoms with Gasteiger partial charge in [-0.15, -0.1) is 0 Å². The number of nitrogens with zero attached hydrogens (tertiary/aromatic N) is 2. The van der Waals surface area contributed by atoms with Crippen molar-refractivity contribution >= 4 is 17.7 Å². The molecule has 9 heteroatoms. The summed E-state index contributed by atoms with van der Waals surface area (Å²) in [4.78, 5) is 18.3. The summed E-state index contributed by atoms with van der Waals surface area (Å²) < 4.78 is 42.7. The topological polar surface area (TPSA) is 76.1 Å². The highest BCUT2D eigenvalue weighted by Gasteiger charge is 2.33. The summed E-state index contributed by atoms with van der Waals surface area (Å²) in [5, 5.41) is 5.20. The van der Waals surface area contributed by atoms with Crippen LogP contribution in [-0.4, -0.2) is 36.1 Å². The second-order valence-electron chi connectivity index (χ2n) is 4.05. The van der Waals surface area contributed by atoms with E-state index in [1.807, 2.05) is 0 Å². The van der Waals surface area contributed by atoms with Crippen molar-refractivity contribution < 1.29 is 22.7 Å². The average molecular weight is 306 g/mol. The van der Waals surface area contributed by atoms with Gasteiger partial charge in [0.25, 0.3) is 0 Å². The first kappa shape index (κ1) is 17.0. The fourth-order valence-electron chi connectivity index (χ4n) is 1.48. The van der Waals surface area contributed by atoms with Gasteiger partial charge in [0.05, 0.1) is 6.61 Å². The van der Waals surface area contributed by atoms with E-state index >= 15 is 0 Å². The molecular weight excluding hydrogens is 289 g/mol. The number of nitrogens with one attached hydrogen (secondary N) is 2. The van der Waals surface area contributed by atoms with Gasteiger partial charge in [-0.1, -0.05) is 0 Å². The lowest BCUT2D eigenvalue weighted by Gasteiger charge is -2.11. The van der Waals surface area contributed by atoms with Gasteiger partial charge in [0.15, 0.2) is 5.69 Å². The number of aromatic nitrogens is 2. The normalized spacial score (nSPS) is 11.1. The predicted molar refractivity (Wildman–Crippen MR) is 70.9 cm³/mol. The summed E-state index contributed by atoms with van der Waals surface area (Å²) in [5.74, 6) is -0.419. The second-order valence-corrected chi connectivity index (χ2v) is 4.05. The number of rotatable bonds is 7. The first-order valence-electron chi connectivity index (χ1n) is 6.40. The third-order valence-electron chi connectivity index (χ3n) is 2.41. The van der Waals surface area contributed by atoms with Gasteiger partial charge in [-0.25, -0.2) is 4.98 Å². The van der Waals surface area contributed by atoms with Crippen LogP contribution in [0.2, 0.25) is 0 Å². The van der Waals surface area contributed by atoms with E-state index < -0.39 is 11.9 Å². The van der Waals surface area contributed by atoms with E-state index in [4.69, 9.17) is 4.74 Å². The maximum atomic E-state index is 12.7. The molecule has 2 N–H and O–H groups in total. The van der Waals surface area contributed by atoms with Crippen LogP contribution in [0.4, 0.5) is 24.9 Å².